The van der Waals surface area contributed by atoms with Gasteiger partial charge < -0.3 is 19.6 Å². The third kappa shape index (κ3) is 6.04. The van der Waals surface area contributed by atoms with E-state index in [0.29, 0.717) is 63.9 Å². The normalized spacial score (nSPS) is 22.0. The van der Waals surface area contributed by atoms with Crippen LogP contribution in [0.4, 0.5) is 24.8 Å². The van der Waals surface area contributed by atoms with Crippen LogP contribution in [0.15, 0.2) is 23.4 Å². The third-order valence-electron chi connectivity index (χ3n) is 7.36. The van der Waals surface area contributed by atoms with Gasteiger partial charge in [0.25, 0.3) is 5.56 Å². The number of nitrogens with zero attached hydrogens (tertiary/aromatic N) is 6. The molecule has 0 bridgehead atoms. The molecule has 2 saturated heterocycles. The van der Waals surface area contributed by atoms with Crippen molar-refractivity contribution in [1.29, 1.82) is 0 Å². The number of alkyl halides is 3. The third-order valence-corrected chi connectivity index (χ3v) is 7.36. The summed E-state index contributed by atoms with van der Waals surface area (Å²) < 4.78 is 46.2. The predicted octanol–water partition coefficient (Wildman–Crippen LogP) is 1.97. The van der Waals surface area contributed by atoms with Crippen molar-refractivity contribution in [3.8, 4) is 0 Å². The highest BCUT2D eigenvalue weighted by Gasteiger charge is 2.40. The van der Waals surface area contributed by atoms with Gasteiger partial charge in [-0.05, 0) is 37.2 Å². The summed E-state index contributed by atoms with van der Waals surface area (Å²) in [7, 11) is 0. The molecule has 0 aromatic carbocycles. The highest BCUT2D eigenvalue weighted by atomic mass is 19.4. The second kappa shape index (κ2) is 10.9. The topological polar surface area (TPSA) is 111 Å². The van der Waals surface area contributed by atoms with Crippen LogP contribution in [-0.4, -0.2) is 88.4 Å². The number of rotatable bonds is 9. The molecule has 2 N–H and O–H groups in total. The molecule has 2 atom stereocenters. The van der Waals surface area contributed by atoms with Crippen LogP contribution in [0.5, 0.6) is 0 Å². The minimum atomic E-state index is -4.78. The Morgan fingerprint density at radius 3 is 2.49 bits per heavy atom. The van der Waals surface area contributed by atoms with E-state index in [1.807, 2.05) is 22.4 Å². The Kier molecular flexibility index (Phi) is 7.63. The van der Waals surface area contributed by atoms with Crippen molar-refractivity contribution < 1.29 is 23.0 Å². The monoisotopic (exact) mass is 523 g/mol. The van der Waals surface area contributed by atoms with Crippen molar-refractivity contribution in [1.82, 2.24) is 25.1 Å². The maximum atomic E-state index is 13.5. The molecule has 4 heterocycles. The maximum absolute atomic E-state index is 13.5. The molecule has 0 unspecified atom stereocenters. The SMILES string of the molecule is O=c1[nH]ncc(N2CCC[C@H]2COCC[C@H](O)N2CCN(c3ncc(C4CC4)cn3)CC2)c1C(F)(F)F. The maximum Gasteiger partial charge on any atom is 0.423 e. The van der Waals surface area contributed by atoms with Gasteiger partial charge in [-0.25, -0.2) is 15.1 Å². The number of ether oxygens (including phenoxy) is 1. The standard InChI is InChI=1S/C24H32F3N7O3/c25-24(26,27)21-19(14-30-31-22(21)36)34-6-1-2-18(34)15-37-11-5-20(35)32-7-9-33(10-8-32)23-28-12-17(13-29-23)16-3-4-16/h12-14,16,18,20,35H,1-11,15H2,(H,31,36)/t18-,20-/m0/s1. The average Bonchev–Trinajstić information content (AvgIpc) is 3.63. The first kappa shape index (κ1) is 25.9. The molecule has 10 nitrogen and oxygen atoms in total. The van der Waals surface area contributed by atoms with E-state index in [1.165, 1.54) is 18.4 Å². The van der Waals surface area contributed by atoms with E-state index in [1.54, 1.807) is 4.90 Å². The summed E-state index contributed by atoms with van der Waals surface area (Å²) in [6.07, 6.45) is 3.60. The number of aliphatic hydroxyl groups is 1. The van der Waals surface area contributed by atoms with Crippen LogP contribution in [0.3, 0.4) is 0 Å². The molecule has 5 rings (SSSR count). The summed E-state index contributed by atoms with van der Waals surface area (Å²) >= 11 is 0. The van der Waals surface area contributed by atoms with Crippen LogP contribution < -0.4 is 15.4 Å². The lowest BCUT2D eigenvalue weighted by molar-refractivity contribution is -0.138. The Morgan fingerprint density at radius 2 is 1.81 bits per heavy atom. The molecule has 3 fully saturated rings. The molecule has 2 aliphatic heterocycles. The largest absolute Gasteiger partial charge is 0.423 e. The quantitative estimate of drug-likeness (QED) is 0.477. The highest BCUT2D eigenvalue weighted by Crippen LogP contribution is 2.39. The van der Waals surface area contributed by atoms with Crippen molar-refractivity contribution in [2.45, 2.75) is 56.5 Å². The first-order valence-electron chi connectivity index (χ1n) is 12.8. The Hall–Kier alpha value is -2.77. The fraction of sp³-hybridized carbons (Fsp3) is 0.667. The van der Waals surface area contributed by atoms with Crippen LogP contribution in [0.2, 0.25) is 0 Å². The molecule has 37 heavy (non-hydrogen) atoms. The molecule has 0 spiro atoms. The second-order valence-electron chi connectivity index (χ2n) is 9.90. The minimum absolute atomic E-state index is 0.207. The molecule has 0 amide bonds. The number of anilines is 2. The van der Waals surface area contributed by atoms with E-state index < -0.39 is 23.5 Å². The number of piperazine rings is 1. The van der Waals surface area contributed by atoms with Crippen molar-refractivity contribution >= 4 is 11.6 Å². The summed E-state index contributed by atoms with van der Waals surface area (Å²) in [4.78, 5) is 26.5. The van der Waals surface area contributed by atoms with Gasteiger partial charge in [-0.3, -0.25) is 9.69 Å². The predicted molar refractivity (Wildman–Crippen MR) is 129 cm³/mol. The number of hydrogen-bond acceptors (Lipinski definition) is 9. The zero-order valence-electron chi connectivity index (χ0n) is 20.5. The molecule has 1 saturated carbocycles. The number of H-pyrrole nitrogens is 1. The second-order valence-corrected chi connectivity index (χ2v) is 9.90. The van der Waals surface area contributed by atoms with Crippen LogP contribution in [-0.2, 0) is 10.9 Å². The molecule has 0 radical (unpaired) electrons. The van der Waals surface area contributed by atoms with Gasteiger partial charge in [0.2, 0.25) is 5.95 Å². The first-order valence-corrected chi connectivity index (χ1v) is 12.8. The number of hydrogen-bond donors (Lipinski definition) is 2. The van der Waals surface area contributed by atoms with Crippen molar-refractivity contribution in [3.63, 3.8) is 0 Å². The van der Waals surface area contributed by atoms with E-state index >= 15 is 0 Å². The van der Waals surface area contributed by atoms with Gasteiger partial charge in [0.1, 0.15) is 11.8 Å². The lowest BCUT2D eigenvalue weighted by atomic mass is 10.2. The number of nitrogens with one attached hydrogen (secondary N) is 1. The molecule has 202 valence electrons. The van der Waals surface area contributed by atoms with Gasteiger partial charge in [0.15, 0.2) is 0 Å². The van der Waals surface area contributed by atoms with Crippen molar-refractivity contribution in [2.24, 2.45) is 0 Å². The number of aromatic amines is 1. The fourth-order valence-corrected chi connectivity index (χ4v) is 5.14. The van der Waals surface area contributed by atoms with E-state index in [9.17, 15) is 23.1 Å². The Labute approximate surface area is 212 Å². The first-order chi connectivity index (χ1) is 17.8. The molecule has 13 heteroatoms. The van der Waals surface area contributed by atoms with Crippen LogP contribution in [0.25, 0.3) is 0 Å². The Morgan fingerprint density at radius 1 is 1.08 bits per heavy atom. The van der Waals surface area contributed by atoms with E-state index in [2.05, 4.69) is 20.0 Å². The molecular formula is C24H32F3N7O3. The molecule has 1 aliphatic carbocycles. The molecule has 2 aromatic rings. The van der Waals surface area contributed by atoms with Crippen LogP contribution in [0, 0.1) is 0 Å². The van der Waals surface area contributed by atoms with Gasteiger partial charge >= 0.3 is 6.18 Å². The van der Waals surface area contributed by atoms with E-state index in [4.69, 9.17) is 4.74 Å². The average molecular weight is 524 g/mol. The highest BCUT2D eigenvalue weighted by molar-refractivity contribution is 5.53. The Bertz CT molecular complexity index is 1100. The van der Waals surface area contributed by atoms with Gasteiger partial charge in [-0.2, -0.15) is 18.3 Å². The number of aromatic nitrogens is 4. The summed E-state index contributed by atoms with van der Waals surface area (Å²) in [6.45, 7) is 3.63. The van der Waals surface area contributed by atoms with Gasteiger partial charge in [-0.1, -0.05) is 0 Å². The number of aliphatic hydroxyl groups excluding tert-OH is 1. The number of halogens is 3. The molecule has 3 aliphatic rings. The van der Waals surface area contributed by atoms with Gasteiger partial charge in [0.05, 0.1) is 31.1 Å². The Balaban J connectivity index is 1.07. The lowest BCUT2D eigenvalue weighted by Gasteiger charge is -2.37. The van der Waals surface area contributed by atoms with E-state index in [0.717, 1.165) is 6.20 Å². The zero-order valence-corrected chi connectivity index (χ0v) is 20.5. The van der Waals surface area contributed by atoms with Crippen LogP contribution in [0.1, 0.15) is 49.1 Å². The summed E-state index contributed by atoms with van der Waals surface area (Å²) in [5.41, 5.74) is -1.49. The summed E-state index contributed by atoms with van der Waals surface area (Å²) in [5, 5.41) is 16.1. The molecular weight excluding hydrogens is 491 g/mol. The molecule has 2 aromatic heterocycles. The van der Waals surface area contributed by atoms with Crippen molar-refractivity contribution in [3.05, 3.63) is 40.1 Å². The zero-order chi connectivity index (χ0) is 26.0. The van der Waals surface area contributed by atoms with Gasteiger partial charge in [-0.15, -0.1) is 0 Å². The lowest BCUT2D eigenvalue weighted by Crippen LogP contribution is -2.51. The van der Waals surface area contributed by atoms with Crippen LogP contribution >= 0.6 is 0 Å². The van der Waals surface area contributed by atoms with E-state index in [-0.39, 0.29) is 24.9 Å². The fourth-order valence-electron chi connectivity index (χ4n) is 5.14. The summed E-state index contributed by atoms with van der Waals surface area (Å²) in [5.74, 6) is 1.34. The van der Waals surface area contributed by atoms with Gasteiger partial charge in [0, 0.05) is 51.5 Å². The van der Waals surface area contributed by atoms with Crippen molar-refractivity contribution in [2.75, 3.05) is 55.7 Å². The minimum Gasteiger partial charge on any atom is -0.379 e. The smallest absolute Gasteiger partial charge is 0.379 e. The summed E-state index contributed by atoms with van der Waals surface area (Å²) in [6, 6.07) is -0.295.